The van der Waals surface area contributed by atoms with Crippen LogP contribution in [0.4, 0.5) is 13.2 Å². The van der Waals surface area contributed by atoms with Crippen molar-refractivity contribution >= 4 is 11.8 Å². The van der Waals surface area contributed by atoms with Gasteiger partial charge in [-0.2, -0.15) is 0 Å². The standard InChI is InChI=1S/C21H21F3N2O3/c1-3-15(20(28)25-10-9-13-5-4-6-14(22)11-13)12(2)26-21(29)18-16(23)7-8-17(24)19(18)27/h4-8,11,27H,3,9-10H2,1-2H3,(H,25,28)(H,26,29)/b15-12-. The molecule has 0 aliphatic carbocycles. The summed E-state index contributed by atoms with van der Waals surface area (Å²) >= 11 is 0. The molecule has 2 amide bonds. The zero-order valence-corrected chi connectivity index (χ0v) is 16.0. The van der Waals surface area contributed by atoms with Crippen molar-refractivity contribution in [3.8, 4) is 5.75 Å². The van der Waals surface area contributed by atoms with E-state index in [1.807, 2.05) is 0 Å². The van der Waals surface area contributed by atoms with Crippen LogP contribution in [0, 0.1) is 17.5 Å². The molecule has 3 N–H and O–H groups in total. The maximum atomic E-state index is 13.8. The molecule has 2 rings (SSSR count). The number of hydrogen-bond acceptors (Lipinski definition) is 3. The average Bonchev–Trinajstić information content (AvgIpc) is 2.65. The third-order valence-corrected chi connectivity index (χ3v) is 4.27. The number of allylic oxidation sites excluding steroid dienone is 1. The number of halogens is 3. The number of aromatic hydroxyl groups is 1. The Morgan fingerprint density at radius 3 is 2.41 bits per heavy atom. The molecule has 2 aromatic carbocycles. The molecule has 29 heavy (non-hydrogen) atoms. The van der Waals surface area contributed by atoms with Crippen LogP contribution in [0.1, 0.15) is 36.2 Å². The summed E-state index contributed by atoms with van der Waals surface area (Å²) in [5.41, 5.74) is 0.249. The molecule has 5 nitrogen and oxygen atoms in total. The maximum absolute atomic E-state index is 13.8. The summed E-state index contributed by atoms with van der Waals surface area (Å²) in [5, 5.41) is 14.6. The molecule has 0 saturated heterocycles. The molecule has 0 fully saturated rings. The van der Waals surface area contributed by atoms with E-state index in [0.717, 1.165) is 11.6 Å². The molecule has 0 aliphatic heterocycles. The Morgan fingerprint density at radius 1 is 1.07 bits per heavy atom. The van der Waals surface area contributed by atoms with E-state index in [2.05, 4.69) is 10.6 Å². The lowest BCUT2D eigenvalue weighted by atomic mass is 10.1. The molecular weight excluding hydrogens is 385 g/mol. The van der Waals surface area contributed by atoms with E-state index < -0.39 is 34.8 Å². The van der Waals surface area contributed by atoms with E-state index in [4.69, 9.17) is 0 Å². The van der Waals surface area contributed by atoms with Gasteiger partial charge in [0.05, 0.1) is 0 Å². The molecule has 154 valence electrons. The molecule has 0 spiro atoms. The quantitative estimate of drug-likeness (QED) is 0.615. The molecule has 0 radical (unpaired) electrons. The van der Waals surface area contributed by atoms with E-state index in [9.17, 15) is 27.9 Å². The van der Waals surface area contributed by atoms with Crippen LogP contribution in [0.3, 0.4) is 0 Å². The molecule has 0 heterocycles. The van der Waals surface area contributed by atoms with E-state index in [1.165, 1.54) is 19.1 Å². The first kappa shape index (κ1) is 22.0. The van der Waals surface area contributed by atoms with Gasteiger partial charge in [-0.05, 0) is 49.6 Å². The third-order valence-electron chi connectivity index (χ3n) is 4.27. The average molecular weight is 406 g/mol. The zero-order chi connectivity index (χ0) is 21.6. The Labute approximate surface area is 166 Å². The van der Waals surface area contributed by atoms with Crippen LogP contribution in [0.15, 0.2) is 47.7 Å². The molecule has 2 aromatic rings. The fraction of sp³-hybridized carbons (Fsp3) is 0.238. The first-order valence-electron chi connectivity index (χ1n) is 8.95. The monoisotopic (exact) mass is 406 g/mol. The van der Waals surface area contributed by atoms with Gasteiger partial charge in [0.15, 0.2) is 11.6 Å². The van der Waals surface area contributed by atoms with Crippen LogP contribution in [-0.2, 0) is 11.2 Å². The van der Waals surface area contributed by atoms with Gasteiger partial charge in [-0.3, -0.25) is 9.59 Å². The van der Waals surface area contributed by atoms with Gasteiger partial charge in [-0.15, -0.1) is 0 Å². The van der Waals surface area contributed by atoms with Gasteiger partial charge in [-0.25, -0.2) is 13.2 Å². The summed E-state index contributed by atoms with van der Waals surface area (Å²) in [6.45, 7) is 3.38. The predicted molar refractivity (Wildman–Crippen MR) is 102 cm³/mol. The van der Waals surface area contributed by atoms with Crippen LogP contribution in [0.2, 0.25) is 0 Å². The Morgan fingerprint density at radius 2 is 1.76 bits per heavy atom. The van der Waals surface area contributed by atoms with Crippen molar-refractivity contribution in [2.24, 2.45) is 0 Å². The van der Waals surface area contributed by atoms with Crippen molar-refractivity contribution in [1.82, 2.24) is 10.6 Å². The minimum atomic E-state index is -1.14. The van der Waals surface area contributed by atoms with Gasteiger partial charge in [-0.1, -0.05) is 19.1 Å². The largest absolute Gasteiger partial charge is 0.504 e. The molecule has 0 atom stereocenters. The van der Waals surface area contributed by atoms with E-state index in [1.54, 1.807) is 19.1 Å². The minimum absolute atomic E-state index is 0.142. The Balaban J connectivity index is 2.07. The molecule has 0 bridgehead atoms. The number of nitrogens with one attached hydrogen (secondary N) is 2. The third kappa shape index (κ3) is 5.60. The Kier molecular flexibility index (Phi) is 7.41. The van der Waals surface area contributed by atoms with Crippen LogP contribution in [0.5, 0.6) is 5.75 Å². The Hall–Kier alpha value is -3.29. The smallest absolute Gasteiger partial charge is 0.262 e. The highest BCUT2D eigenvalue weighted by Crippen LogP contribution is 2.24. The molecular formula is C21H21F3N2O3. The molecule has 0 aliphatic rings. The normalized spacial score (nSPS) is 11.6. The van der Waals surface area contributed by atoms with Crippen molar-refractivity contribution in [2.45, 2.75) is 26.7 Å². The predicted octanol–water partition coefficient (Wildman–Crippen LogP) is 3.58. The second-order valence-corrected chi connectivity index (χ2v) is 6.30. The minimum Gasteiger partial charge on any atom is -0.504 e. The Bertz CT molecular complexity index is 958. The number of carbonyl (C=O) groups excluding carboxylic acids is 2. The van der Waals surface area contributed by atoms with E-state index in [0.29, 0.717) is 12.5 Å². The van der Waals surface area contributed by atoms with Gasteiger partial charge < -0.3 is 15.7 Å². The summed E-state index contributed by atoms with van der Waals surface area (Å²) in [6.07, 6.45) is 0.670. The summed E-state index contributed by atoms with van der Waals surface area (Å²) < 4.78 is 40.4. The van der Waals surface area contributed by atoms with Gasteiger partial charge >= 0.3 is 0 Å². The number of rotatable bonds is 7. The van der Waals surface area contributed by atoms with Gasteiger partial charge in [0.25, 0.3) is 5.91 Å². The summed E-state index contributed by atoms with van der Waals surface area (Å²) in [4.78, 5) is 24.6. The number of phenols is 1. The van der Waals surface area contributed by atoms with Crippen molar-refractivity contribution in [1.29, 1.82) is 0 Å². The number of phenolic OH excluding ortho intramolecular Hbond substituents is 1. The molecule has 8 heteroatoms. The highest BCUT2D eigenvalue weighted by Gasteiger charge is 2.21. The van der Waals surface area contributed by atoms with Crippen molar-refractivity contribution in [3.05, 3.63) is 76.2 Å². The highest BCUT2D eigenvalue weighted by atomic mass is 19.1. The highest BCUT2D eigenvalue weighted by molar-refractivity contribution is 6.00. The fourth-order valence-corrected chi connectivity index (χ4v) is 2.78. The lowest BCUT2D eigenvalue weighted by Crippen LogP contribution is -2.31. The summed E-state index contributed by atoms with van der Waals surface area (Å²) in [6, 6.07) is 7.43. The maximum Gasteiger partial charge on any atom is 0.262 e. The number of benzene rings is 2. The van der Waals surface area contributed by atoms with Gasteiger partial charge in [0.1, 0.15) is 17.2 Å². The van der Waals surface area contributed by atoms with Gasteiger partial charge in [0.2, 0.25) is 5.91 Å². The lowest BCUT2D eigenvalue weighted by Gasteiger charge is -2.13. The number of hydrogen-bond donors (Lipinski definition) is 3. The molecule has 0 unspecified atom stereocenters. The van der Waals surface area contributed by atoms with Crippen molar-refractivity contribution < 1.29 is 27.9 Å². The topological polar surface area (TPSA) is 78.4 Å². The summed E-state index contributed by atoms with van der Waals surface area (Å²) in [7, 11) is 0. The molecule has 0 aromatic heterocycles. The van der Waals surface area contributed by atoms with Crippen molar-refractivity contribution in [2.75, 3.05) is 6.54 Å². The second kappa shape index (κ2) is 9.77. The first-order chi connectivity index (χ1) is 13.7. The van der Waals surface area contributed by atoms with Crippen molar-refractivity contribution in [3.63, 3.8) is 0 Å². The first-order valence-corrected chi connectivity index (χ1v) is 8.95. The number of carbonyl (C=O) groups is 2. The summed E-state index contributed by atoms with van der Waals surface area (Å²) in [5.74, 6) is -5.22. The fourth-order valence-electron chi connectivity index (χ4n) is 2.78. The van der Waals surface area contributed by atoms with Crippen LogP contribution >= 0.6 is 0 Å². The van der Waals surface area contributed by atoms with Crippen LogP contribution < -0.4 is 10.6 Å². The molecule has 0 saturated carbocycles. The van der Waals surface area contributed by atoms with Gasteiger partial charge in [0, 0.05) is 17.8 Å². The second-order valence-electron chi connectivity index (χ2n) is 6.30. The zero-order valence-electron chi connectivity index (χ0n) is 16.0. The van der Waals surface area contributed by atoms with Crippen LogP contribution in [0.25, 0.3) is 0 Å². The number of amides is 2. The SMILES string of the molecule is CC/C(C(=O)NCCc1cccc(F)c1)=C(\C)NC(=O)c1c(F)ccc(F)c1O. The van der Waals surface area contributed by atoms with E-state index >= 15 is 0 Å². The van der Waals surface area contributed by atoms with E-state index in [-0.39, 0.29) is 30.1 Å². The van der Waals surface area contributed by atoms with Crippen LogP contribution in [-0.4, -0.2) is 23.5 Å². The lowest BCUT2D eigenvalue weighted by molar-refractivity contribution is -0.117.